The SMILES string of the molecule is CC1(C)CC2C=C(C(=O)[O-])[C@@H]3CC(=O)OCC(=O)[C@]23C1. The van der Waals surface area contributed by atoms with E-state index in [0.29, 0.717) is 6.42 Å². The number of allylic oxidation sites excluding steroid dienone is 1. The van der Waals surface area contributed by atoms with Gasteiger partial charge in [-0.2, -0.15) is 0 Å². The maximum Gasteiger partial charge on any atom is 0.306 e. The van der Waals surface area contributed by atoms with Gasteiger partial charge in [-0.25, -0.2) is 0 Å². The number of carboxylic acids is 1. The molecule has 1 heterocycles. The molecule has 5 nitrogen and oxygen atoms in total. The summed E-state index contributed by atoms with van der Waals surface area (Å²) in [7, 11) is 0. The lowest BCUT2D eigenvalue weighted by Crippen LogP contribution is -2.41. The van der Waals surface area contributed by atoms with Gasteiger partial charge in [0.2, 0.25) is 0 Å². The molecule has 5 heteroatoms. The van der Waals surface area contributed by atoms with Crippen molar-refractivity contribution in [1.82, 2.24) is 0 Å². The summed E-state index contributed by atoms with van der Waals surface area (Å²) in [5, 5.41) is 11.3. The largest absolute Gasteiger partial charge is 0.545 e. The Bertz CT molecular complexity index is 544. The highest BCUT2D eigenvalue weighted by Gasteiger charge is 2.63. The number of aliphatic carboxylic acids is 1. The van der Waals surface area contributed by atoms with Crippen LogP contribution in [0.3, 0.4) is 0 Å². The predicted molar refractivity (Wildman–Crippen MR) is 66.1 cm³/mol. The Labute approximate surface area is 117 Å². The van der Waals surface area contributed by atoms with Gasteiger partial charge in [-0.3, -0.25) is 9.59 Å². The Kier molecular flexibility index (Phi) is 2.62. The monoisotopic (exact) mass is 277 g/mol. The van der Waals surface area contributed by atoms with Gasteiger partial charge in [0.05, 0.1) is 12.4 Å². The first-order valence-corrected chi connectivity index (χ1v) is 6.88. The van der Waals surface area contributed by atoms with E-state index in [-0.39, 0.29) is 35.7 Å². The third-order valence-corrected chi connectivity index (χ3v) is 5.07. The number of Topliss-reactive ketones (excluding diaryl/α,β-unsaturated/α-hetero) is 1. The number of ether oxygens (including phenoxy) is 1. The molecule has 108 valence electrons. The van der Waals surface area contributed by atoms with Crippen molar-refractivity contribution in [3.8, 4) is 0 Å². The predicted octanol–water partition coefficient (Wildman–Crippen LogP) is 0.231. The summed E-state index contributed by atoms with van der Waals surface area (Å²) >= 11 is 0. The molecular weight excluding hydrogens is 260 g/mol. The maximum absolute atomic E-state index is 12.6. The van der Waals surface area contributed by atoms with Crippen molar-refractivity contribution in [2.24, 2.45) is 22.7 Å². The molecule has 1 unspecified atom stereocenters. The van der Waals surface area contributed by atoms with E-state index in [4.69, 9.17) is 4.74 Å². The lowest BCUT2D eigenvalue weighted by atomic mass is 9.66. The number of esters is 1. The zero-order valence-electron chi connectivity index (χ0n) is 11.6. The van der Waals surface area contributed by atoms with Gasteiger partial charge < -0.3 is 14.6 Å². The molecule has 2 fully saturated rings. The second-order valence-corrected chi connectivity index (χ2v) is 6.94. The van der Waals surface area contributed by atoms with Gasteiger partial charge in [-0.15, -0.1) is 0 Å². The Hall–Kier alpha value is -1.65. The fourth-order valence-electron chi connectivity index (χ4n) is 4.48. The molecule has 0 amide bonds. The van der Waals surface area contributed by atoms with E-state index in [1.165, 1.54) is 0 Å². The third-order valence-electron chi connectivity index (χ3n) is 5.07. The quantitative estimate of drug-likeness (QED) is 0.641. The smallest absolute Gasteiger partial charge is 0.306 e. The fourth-order valence-corrected chi connectivity index (χ4v) is 4.48. The maximum atomic E-state index is 12.6. The van der Waals surface area contributed by atoms with E-state index in [1.807, 2.05) is 0 Å². The fraction of sp³-hybridized carbons (Fsp3) is 0.667. The Morgan fingerprint density at radius 2 is 2.10 bits per heavy atom. The van der Waals surface area contributed by atoms with Gasteiger partial charge in [0.15, 0.2) is 12.4 Å². The minimum Gasteiger partial charge on any atom is -0.545 e. The molecule has 3 rings (SSSR count). The number of carbonyl (C=O) groups excluding carboxylic acids is 3. The highest BCUT2D eigenvalue weighted by Crippen LogP contribution is 2.64. The second kappa shape index (κ2) is 3.93. The summed E-state index contributed by atoms with van der Waals surface area (Å²) in [4.78, 5) is 35.6. The summed E-state index contributed by atoms with van der Waals surface area (Å²) < 4.78 is 4.92. The van der Waals surface area contributed by atoms with Crippen LogP contribution in [0, 0.1) is 22.7 Å². The summed E-state index contributed by atoms with van der Waals surface area (Å²) in [6.45, 7) is 3.91. The van der Waals surface area contributed by atoms with Gasteiger partial charge in [0.1, 0.15) is 0 Å². The number of rotatable bonds is 1. The van der Waals surface area contributed by atoms with Crippen LogP contribution in [0.5, 0.6) is 0 Å². The highest BCUT2D eigenvalue weighted by molar-refractivity contribution is 5.97. The Balaban J connectivity index is 2.13. The minimum absolute atomic E-state index is 0.0417. The van der Waals surface area contributed by atoms with Gasteiger partial charge in [0.25, 0.3) is 0 Å². The molecule has 20 heavy (non-hydrogen) atoms. The number of cyclic esters (lactones) is 1. The zero-order chi connectivity index (χ0) is 14.7. The van der Waals surface area contributed by atoms with Crippen LogP contribution < -0.4 is 5.11 Å². The minimum atomic E-state index is -1.27. The number of carbonyl (C=O) groups is 3. The van der Waals surface area contributed by atoms with Crippen molar-refractivity contribution in [2.45, 2.75) is 33.1 Å². The van der Waals surface area contributed by atoms with Crippen molar-refractivity contribution in [3.05, 3.63) is 11.6 Å². The normalized spacial score (nSPS) is 38.6. The Morgan fingerprint density at radius 1 is 1.40 bits per heavy atom. The number of carboxylic acid groups (broad SMARTS) is 1. The van der Waals surface area contributed by atoms with E-state index >= 15 is 0 Å². The number of hydrogen-bond acceptors (Lipinski definition) is 5. The molecule has 0 radical (unpaired) electrons. The number of hydrogen-bond donors (Lipinski definition) is 0. The summed E-state index contributed by atoms with van der Waals surface area (Å²) in [5.74, 6) is -2.64. The second-order valence-electron chi connectivity index (χ2n) is 6.94. The molecule has 0 aromatic heterocycles. The van der Waals surface area contributed by atoms with Gasteiger partial charge in [-0.05, 0) is 29.7 Å². The zero-order valence-corrected chi connectivity index (χ0v) is 11.6. The molecule has 1 aliphatic heterocycles. The van der Waals surface area contributed by atoms with Crippen LogP contribution in [-0.4, -0.2) is 24.3 Å². The van der Waals surface area contributed by atoms with Crippen LogP contribution in [0.2, 0.25) is 0 Å². The van der Waals surface area contributed by atoms with Crippen LogP contribution in [0.15, 0.2) is 11.6 Å². The van der Waals surface area contributed by atoms with Gasteiger partial charge in [0, 0.05) is 11.3 Å². The molecule has 1 saturated heterocycles. The standard InChI is InChI=1S/C15H18O5/c1-14(2)5-8-3-9(13(18)19)10-4-12(17)20-6-11(16)15(8,10)7-14/h3,8,10H,4-7H2,1-2H3,(H,18,19)/p-1/t8?,10-,15+/m0/s1. The molecule has 3 atom stereocenters. The van der Waals surface area contributed by atoms with Gasteiger partial charge >= 0.3 is 5.97 Å². The molecule has 2 aliphatic carbocycles. The summed E-state index contributed by atoms with van der Waals surface area (Å²) in [6, 6.07) is 0. The van der Waals surface area contributed by atoms with Crippen LogP contribution in [0.25, 0.3) is 0 Å². The van der Waals surface area contributed by atoms with E-state index < -0.39 is 23.3 Å². The average molecular weight is 277 g/mol. The summed E-state index contributed by atoms with van der Waals surface area (Å²) in [6.07, 6.45) is 2.96. The van der Waals surface area contributed by atoms with Crippen LogP contribution in [0.1, 0.15) is 33.1 Å². The average Bonchev–Trinajstić information content (AvgIpc) is 2.71. The van der Waals surface area contributed by atoms with Crippen molar-refractivity contribution < 1.29 is 24.2 Å². The van der Waals surface area contributed by atoms with Crippen molar-refractivity contribution in [2.75, 3.05) is 6.61 Å². The van der Waals surface area contributed by atoms with Crippen molar-refractivity contribution in [1.29, 1.82) is 0 Å². The molecule has 1 spiro atoms. The topological polar surface area (TPSA) is 83.5 Å². The Morgan fingerprint density at radius 3 is 2.75 bits per heavy atom. The van der Waals surface area contributed by atoms with Crippen LogP contribution in [0.4, 0.5) is 0 Å². The van der Waals surface area contributed by atoms with Crippen LogP contribution in [-0.2, 0) is 19.1 Å². The lowest BCUT2D eigenvalue weighted by molar-refractivity contribution is -0.300. The number of ketones is 1. The third kappa shape index (κ3) is 1.65. The van der Waals surface area contributed by atoms with Gasteiger partial charge in [-0.1, -0.05) is 19.9 Å². The van der Waals surface area contributed by atoms with E-state index in [2.05, 4.69) is 13.8 Å². The van der Waals surface area contributed by atoms with E-state index in [1.54, 1.807) is 6.08 Å². The molecule has 0 N–H and O–H groups in total. The molecule has 0 aromatic rings. The first-order valence-electron chi connectivity index (χ1n) is 6.88. The van der Waals surface area contributed by atoms with E-state index in [9.17, 15) is 19.5 Å². The first kappa shape index (κ1) is 13.3. The molecule has 0 aromatic carbocycles. The van der Waals surface area contributed by atoms with Crippen molar-refractivity contribution in [3.63, 3.8) is 0 Å². The molecule has 0 bridgehead atoms. The van der Waals surface area contributed by atoms with Crippen LogP contribution >= 0.6 is 0 Å². The molecule has 3 aliphatic rings. The lowest BCUT2D eigenvalue weighted by Gasteiger charge is -2.34. The van der Waals surface area contributed by atoms with Crippen molar-refractivity contribution >= 4 is 17.7 Å². The van der Waals surface area contributed by atoms with E-state index in [0.717, 1.165) is 6.42 Å². The highest BCUT2D eigenvalue weighted by atomic mass is 16.5. The molecular formula is C15H17O5-. The first-order chi connectivity index (χ1) is 9.26. The molecule has 1 saturated carbocycles. The summed E-state index contributed by atoms with van der Waals surface area (Å²) in [5.41, 5.74) is -0.719.